The molecule has 7 nitrogen and oxygen atoms in total. The fourth-order valence-corrected chi connectivity index (χ4v) is 2.45. The molecule has 1 aliphatic heterocycles. The van der Waals surface area contributed by atoms with Gasteiger partial charge in [-0.3, -0.25) is 4.79 Å². The van der Waals surface area contributed by atoms with E-state index in [1.807, 2.05) is 32.0 Å². The van der Waals surface area contributed by atoms with Gasteiger partial charge in [0.15, 0.2) is 11.5 Å². The standard InChI is InChI=1S/C18H20N4O3/c1-12(2)22(10-13-3-5-15-16(7-13)25-11-24-15)17(23)6-4-14-8-20-18(19)21-9-14/h3-9,12H,10-11H2,1-2H3,(H2,19,20,21)/b6-4+. The first-order valence-electron chi connectivity index (χ1n) is 7.97. The molecule has 0 atom stereocenters. The lowest BCUT2D eigenvalue weighted by Crippen LogP contribution is -2.35. The minimum atomic E-state index is -0.0931. The van der Waals surface area contributed by atoms with E-state index in [0.29, 0.717) is 17.9 Å². The molecule has 130 valence electrons. The van der Waals surface area contributed by atoms with Crippen LogP contribution in [0.25, 0.3) is 6.08 Å². The summed E-state index contributed by atoms with van der Waals surface area (Å²) in [4.78, 5) is 22.2. The van der Waals surface area contributed by atoms with Crippen LogP contribution >= 0.6 is 0 Å². The number of benzene rings is 1. The highest BCUT2D eigenvalue weighted by Crippen LogP contribution is 2.32. The van der Waals surface area contributed by atoms with E-state index < -0.39 is 0 Å². The number of aromatic nitrogens is 2. The number of carbonyl (C=O) groups is 1. The van der Waals surface area contributed by atoms with Gasteiger partial charge in [0, 0.05) is 36.6 Å². The van der Waals surface area contributed by atoms with Gasteiger partial charge < -0.3 is 20.1 Å². The highest BCUT2D eigenvalue weighted by Gasteiger charge is 2.18. The number of hydrogen-bond acceptors (Lipinski definition) is 6. The first-order valence-corrected chi connectivity index (χ1v) is 7.97. The van der Waals surface area contributed by atoms with Crippen molar-refractivity contribution in [1.29, 1.82) is 0 Å². The van der Waals surface area contributed by atoms with E-state index >= 15 is 0 Å². The van der Waals surface area contributed by atoms with Gasteiger partial charge in [0.25, 0.3) is 0 Å². The summed E-state index contributed by atoms with van der Waals surface area (Å²) in [6.07, 6.45) is 6.34. The van der Waals surface area contributed by atoms with Crippen molar-refractivity contribution in [3.8, 4) is 11.5 Å². The van der Waals surface area contributed by atoms with E-state index in [-0.39, 0.29) is 24.7 Å². The molecule has 2 N–H and O–H groups in total. The number of hydrogen-bond donors (Lipinski definition) is 1. The zero-order valence-electron chi connectivity index (χ0n) is 14.2. The number of carbonyl (C=O) groups excluding carboxylic acids is 1. The maximum absolute atomic E-state index is 12.6. The third-order valence-electron chi connectivity index (χ3n) is 3.81. The lowest BCUT2D eigenvalue weighted by atomic mass is 10.1. The Morgan fingerprint density at radius 1 is 1.28 bits per heavy atom. The van der Waals surface area contributed by atoms with Crippen LogP contribution < -0.4 is 15.2 Å². The van der Waals surface area contributed by atoms with Crippen LogP contribution in [0.2, 0.25) is 0 Å². The fourth-order valence-electron chi connectivity index (χ4n) is 2.45. The van der Waals surface area contributed by atoms with Gasteiger partial charge in [0.1, 0.15) is 0 Å². The summed E-state index contributed by atoms with van der Waals surface area (Å²) in [5, 5.41) is 0. The van der Waals surface area contributed by atoms with Crippen LogP contribution in [0.15, 0.2) is 36.7 Å². The third-order valence-corrected chi connectivity index (χ3v) is 3.81. The molecule has 2 aromatic rings. The van der Waals surface area contributed by atoms with Gasteiger partial charge in [-0.25, -0.2) is 9.97 Å². The summed E-state index contributed by atoms with van der Waals surface area (Å²) in [5.41, 5.74) is 7.15. The summed E-state index contributed by atoms with van der Waals surface area (Å²) < 4.78 is 10.7. The Labute approximate surface area is 146 Å². The lowest BCUT2D eigenvalue weighted by Gasteiger charge is -2.25. The summed E-state index contributed by atoms with van der Waals surface area (Å²) in [6.45, 7) is 4.67. The van der Waals surface area contributed by atoms with Gasteiger partial charge in [-0.2, -0.15) is 0 Å². The quantitative estimate of drug-likeness (QED) is 0.840. The molecule has 1 aromatic heterocycles. The van der Waals surface area contributed by atoms with Gasteiger partial charge in [-0.1, -0.05) is 6.07 Å². The van der Waals surface area contributed by atoms with Crippen LogP contribution in [0, 0.1) is 0 Å². The maximum atomic E-state index is 12.6. The third kappa shape index (κ3) is 4.06. The van der Waals surface area contributed by atoms with Crippen molar-refractivity contribution in [3.05, 3.63) is 47.8 Å². The van der Waals surface area contributed by atoms with Crippen LogP contribution in [0.3, 0.4) is 0 Å². The largest absolute Gasteiger partial charge is 0.454 e. The molecule has 0 spiro atoms. The molecule has 0 fully saturated rings. The molecule has 0 aliphatic carbocycles. The summed E-state index contributed by atoms with van der Waals surface area (Å²) >= 11 is 0. The normalized spacial score (nSPS) is 12.8. The molecule has 0 bridgehead atoms. The second-order valence-electron chi connectivity index (χ2n) is 5.96. The molecule has 1 amide bonds. The topological polar surface area (TPSA) is 90.6 Å². The van der Waals surface area contributed by atoms with Crippen LogP contribution in [0.1, 0.15) is 25.0 Å². The summed E-state index contributed by atoms with van der Waals surface area (Å²) in [6, 6.07) is 5.75. The van der Waals surface area contributed by atoms with Gasteiger partial charge >= 0.3 is 0 Å². The predicted octanol–water partition coefficient (Wildman–Crippen LogP) is 2.24. The zero-order valence-corrected chi connectivity index (χ0v) is 14.2. The molecule has 7 heteroatoms. The number of rotatable bonds is 5. The number of ether oxygens (including phenoxy) is 2. The van der Waals surface area contributed by atoms with E-state index in [1.54, 1.807) is 23.4 Å². The van der Waals surface area contributed by atoms with E-state index in [9.17, 15) is 4.79 Å². The smallest absolute Gasteiger partial charge is 0.247 e. The molecule has 0 saturated heterocycles. The van der Waals surface area contributed by atoms with E-state index in [0.717, 1.165) is 11.3 Å². The van der Waals surface area contributed by atoms with Crippen molar-refractivity contribution >= 4 is 17.9 Å². The van der Waals surface area contributed by atoms with Gasteiger partial charge in [-0.15, -0.1) is 0 Å². The number of amides is 1. The first-order chi connectivity index (χ1) is 12.0. The van der Waals surface area contributed by atoms with E-state index in [2.05, 4.69) is 9.97 Å². The first kappa shape index (κ1) is 16.8. The van der Waals surface area contributed by atoms with Crippen molar-refractivity contribution in [1.82, 2.24) is 14.9 Å². The highest BCUT2D eigenvalue weighted by molar-refractivity contribution is 5.91. The minimum absolute atomic E-state index is 0.0465. The average Bonchev–Trinajstić information content (AvgIpc) is 3.06. The molecule has 25 heavy (non-hydrogen) atoms. The van der Waals surface area contributed by atoms with Crippen molar-refractivity contribution in [2.24, 2.45) is 0 Å². The Morgan fingerprint density at radius 2 is 2.00 bits per heavy atom. The van der Waals surface area contributed by atoms with Crippen LogP contribution in [-0.4, -0.2) is 33.6 Å². The molecule has 0 radical (unpaired) electrons. The molecule has 1 aromatic carbocycles. The van der Waals surface area contributed by atoms with Crippen LogP contribution in [0.5, 0.6) is 11.5 Å². The maximum Gasteiger partial charge on any atom is 0.247 e. The number of anilines is 1. The number of fused-ring (bicyclic) bond motifs is 1. The predicted molar refractivity (Wildman–Crippen MR) is 93.7 cm³/mol. The average molecular weight is 340 g/mol. The van der Waals surface area contributed by atoms with Crippen molar-refractivity contribution in [3.63, 3.8) is 0 Å². The molecule has 2 heterocycles. The summed E-state index contributed by atoms with van der Waals surface area (Å²) in [7, 11) is 0. The van der Waals surface area contributed by atoms with Crippen LogP contribution in [-0.2, 0) is 11.3 Å². The van der Waals surface area contributed by atoms with Gasteiger partial charge in [0.2, 0.25) is 18.6 Å². The minimum Gasteiger partial charge on any atom is -0.454 e. The Hall–Kier alpha value is -3.09. The van der Waals surface area contributed by atoms with Gasteiger partial charge in [-0.05, 0) is 37.6 Å². The number of nitrogen functional groups attached to an aromatic ring is 1. The molecular weight excluding hydrogens is 320 g/mol. The monoisotopic (exact) mass is 340 g/mol. The molecular formula is C18H20N4O3. The number of nitrogens with two attached hydrogens (primary N) is 1. The molecule has 0 saturated carbocycles. The Morgan fingerprint density at radius 3 is 2.72 bits per heavy atom. The second kappa shape index (κ2) is 7.21. The van der Waals surface area contributed by atoms with Crippen LogP contribution in [0.4, 0.5) is 5.95 Å². The SMILES string of the molecule is CC(C)N(Cc1ccc2c(c1)OCO2)C(=O)/C=C/c1cnc(N)nc1. The van der Waals surface area contributed by atoms with E-state index in [4.69, 9.17) is 15.2 Å². The Balaban J connectivity index is 1.71. The number of nitrogens with zero attached hydrogens (tertiary/aromatic N) is 3. The zero-order chi connectivity index (χ0) is 17.8. The van der Waals surface area contributed by atoms with Crippen molar-refractivity contribution in [2.45, 2.75) is 26.4 Å². The molecule has 3 rings (SSSR count). The Kier molecular flexibility index (Phi) is 4.83. The highest BCUT2D eigenvalue weighted by atomic mass is 16.7. The second-order valence-corrected chi connectivity index (χ2v) is 5.96. The molecule has 1 aliphatic rings. The van der Waals surface area contributed by atoms with Crippen molar-refractivity contribution < 1.29 is 14.3 Å². The van der Waals surface area contributed by atoms with E-state index in [1.165, 1.54) is 6.08 Å². The lowest BCUT2D eigenvalue weighted by molar-refractivity contribution is -0.128. The molecule has 0 unspecified atom stereocenters. The fraction of sp³-hybridized carbons (Fsp3) is 0.278. The van der Waals surface area contributed by atoms with Gasteiger partial charge in [0.05, 0.1) is 0 Å². The Bertz CT molecular complexity index is 787. The summed E-state index contributed by atoms with van der Waals surface area (Å²) in [5.74, 6) is 1.55. The van der Waals surface area contributed by atoms with Crippen molar-refractivity contribution in [2.75, 3.05) is 12.5 Å².